The lowest BCUT2D eigenvalue weighted by Gasteiger charge is -2.23. The fourth-order valence-corrected chi connectivity index (χ4v) is 4.62. The van der Waals surface area contributed by atoms with Crippen molar-refractivity contribution < 1.29 is 19.5 Å². The Morgan fingerprint density at radius 1 is 1.18 bits per heavy atom. The molecule has 5 rings (SSSR count). The fourth-order valence-electron chi connectivity index (χ4n) is 4.41. The van der Waals surface area contributed by atoms with Gasteiger partial charge in [0.05, 0.1) is 25.5 Å². The molecule has 4 aromatic rings. The van der Waals surface area contributed by atoms with Crippen LogP contribution in [-0.4, -0.2) is 62.4 Å². The Morgan fingerprint density at radius 3 is 2.74 bits per heavy atom. The number of hydrogen-bond acceptors (Lipinski definition) is 9. The van der Waals surface area contributed by atoms with Crippen molar-refractivity contribution in [3.8, 4) is 0 Å². The molecule has 2 aromatic carbocycles. The number of halogens is 1. The van der Waals surface area contributed by atoms with Gasteiger partial charge in [-0.1, -0.05) is 54.1 Å². The van der Waals surface area contributed by atoms with Crippen molar-refractivity contribution in [1.29, 1.82) is 0 Å². The van der Waals surface area contributed by atoms with E-state index in [2.05, 4.69) is 20.3 Å². The number of amides is 1. The number of aliphatic hydroxyl groups is 1. The number of benzene rings is 2. The number of hydroxylamine groups is 1. The standard InChI is InChI=1S/C26H28ClN7O4/c1-29-25(36)22-19(28)21(35)26(38-22)33-15-32-20-23(33)30-14-31-24(20)34(13-17-8-5-9-18(27)12-17)37-11-10-16-6-3-2-4-7-16/h2-9,12,14-15,19,21-22,26,35H,10-11,13,28H2,1H3,(H,29,36)/t19-,21+,22-,26+/m0/s1. The Kier molecular flexibility index (Phi) is 7.82. The van der Waals surface area contributed by atoms with Gasteiger partial charge in [-0.05, 0) is 29.7 Å². The molecule has 0 spiro atoms. The molecule has 0 bridgehead atoms. The summed E-state index contributed by atoms with van der Waals surface area (Å²) in [4.78, 5) is 31.8. The lowest BCUT2D eigenvalue weighted by Crippen LogP contribution is -2.46. The number of fused-ring (bicyclic) bond motifs is 1. The molecule has 0 aliphatic carbocycles. The zero-order chi connectivity index (χ0) is 26.6. The number of nitrogens with two attached hydrogens (primary N) is 1. The van der Waals surface area contributed by atoms with E-state index in [0.717, 1.165) is 11.1 Å². The second-order valence-electron chi connectivity index (χ2n) is 8.89. The van der Waals surface area contributed by atoms with E-state index in [9.17, 15) is 9.90 Å². The number of hydrogen-bond donors (Lipinski definition) is 3. The van der Waals surface area contributed by atoms with Crippen LogP contribution >= 0.6 is 11.6 Å². The highest BCUT2D eigenvalue weighted by Crippen LogP contribution is 2.32. The van der Waals surface area contributed by atoms with Gasteiger partial charge in [0.1, 0.15) is 12.4 Å². The normalized spacial score (nSPS) is 21.1. The molecule has 4 N–H and O–H groups in total. The summed E-state index contributed by atoms with van der Waals surface area (Å²) in [5.41, 5.74) is 8.96. The summed E-state index contributed by atoms with van der Waals surface area (Å²) in [5, 5.41) is 15.5. The van der Waals surface area contributed by atoms with Gasteiger partial charge in [-0.3, -0.25) is 14.2 Å². The molecule has 12 heteroatoms. The van der Waals surface area contributed by atoms with Gasteiger partial charge in [0.2, 0.25) is 0 Å². The van der Waals surface area contributed by atoms with Gasteiger partial charge < -0.3 is 20.9 Å². The maximum Gasteiger partial charge on any atom is 0.250 e. The van der Waals surface area contributed by atoms with Gasteiger partial charge in [0, 0.05) is 12.1 Å². The summed E-state index contributed by atoms with van der Waals surface area (Å²) in [5.74, 6) is 0.0136. The molecule has 38 heavy (non-hydrogen) atoms. The number of rotatable bonds is 9. The summed E-state index contributed by atoms with van der Waals surface area (Å²) in [6, 6.07) is 16.6. The number of imidazole rings is 1. The second-order valence-corrected chi connectivity index (χ2v) is 9.32. The molecule has 4 atom stereocenters. The van der Waals surface area contributed by atoms with Gasteiger partial charge >= 0.3 is 0 Å². The largest absolute Gasteiger partial charge is 0.387 e. The molecular formula is C26H28ClN7O4. The third kappa shape index (κ3) is 5.33. The van der Waals surface area contributed by atoms with Gasteiger partial charge in [-0.25, -0.2) is 20.0 Å². The van der Waals surface area contributed by atoms with Crippen LogP contribution in [0.25, 0.3) is 11.2 Å². The van der Waals surface area contributed by atoms with Crippen LogP contribution in [0.15, 0.2) is 67.3 Å². The maximum absolute atomic E-state index is 12.2. The molecular weight excluding hydrogens is 510 g/mol. The topological polar surface area (TPSA) is 141 Å². The van der Waals surface area contributed by atoms with Crippen LogP contribution in [0.3, 0.4) is 0 Å². The quantitative estimate of drug-likeness (QED) is 0.273. The molecule has 2 aromatic heterocycles. The van der Waals surface area contributed by atoms with Crippen molar-refractivity contribution >= 4 is 34.5 Å². The lowest BCUT2D eigenvalue weighted by molar-refractivity contribution is -0.134. The van der Waals surface area contributed by atoms with Crippen molar-refractivity contribution in [3.63, 3.8) is 0 Å². The molecule has 11 nitrogen and oxygen atoms in total. The van der Waals surface area contributed by atoms with Crippen molar-refractivity contribution in [3.05, 3.63) is 83.4 Å². The number of nitrogens with one attached hydrogen (secondary N) is 1. The summed E-state index contributed by atoms with van der Waals surface area (Å²) in [7, 11) is 1.48. The van der Waals surface area contributed by atoms with Crippen molar-refractivity contribution in [2.75, 3.05) is 18.7 Å². The first-order valence-corrected chi connectivity index (χ1v) is 12.5. The van der Waals surface area contributed by atoms with Crippen molar-refractivity contribution in [2.24, 2.45) is 5.73 Å². The number of anilines is 1. The number of aromatic nitrogens is 4. The highest BCUT2D eigenvalue weighted by atomic mass is 35.5. The smallest absolute Gasteiger partial charge is 0.250 e. The van der Waals surface area contributed by atoms with Crippen LogP contribution in [-0.2, 0) is 27.3 Å². The molecule has 1 fully saturated rings. The monoisotopic (exact) mass is 537 g/mol. The Balaban J connectivity index is 1.45. The van der Waals surface area contributed by atoms with E-state index in [4.69, 9.17) is 26.9 Å². The minimum absolute atomic E-state index is 0.348. The first kappa shape index (κ1) is 26.0. The molecule has 1 saturated heterocycles. The minimum Gasteiger partial charge on any atom is -0.387 e. The molecule has 1 amide bonds. The molecule has 1 aliphatic rings. The Morgan fingerprint density at radius 2 is 1.97 bits per heavy atom. The summed E-state index contributed by atoms with van der Waals surface area (Å²) in [6.45, 7) is 0.740. The number of nitrogens with zero attached hydrogens (tertiary/aromatic N) is 5. The summed E-state index contributed by atoms with van der Waals surface area (Å²) in [6.07, 6.45) is 0.435. The van der Waals surface area contributed by atoms with Crippen LogP contribution in [0, 0.1) is 0 Å². The van der Waals surface area contributed by atoms with Crippen LogP contribution in [0.4, 0.5) is 5.82 Å². The first-order valence-electron chi connectivity index (χ1n) is 12.1. The van der Waals surface area contributed by atoms with E-state index < -0.39 is 30.4 Å². The van der Waals surface area contributed by atoms with E-state index in [1.54, 1.807) is 15.7 Å². The molecule has 198 valence electrons. The maximum atomic E-state index is 12.2. The van der Waals surface area contributed by atoms with Crippen LogP contribution in [0.1, 0.15) is 17.4 Å². The molecule has 0 unspecified atom stereocenters. The average molecular weight is 538 g/mol. The summed E-state index contributed by atoms with van der Waals surface area (Å²) >= 11 is 6.22. The van der Waals surface area contributed by atoms with Crippen molar-refractivity contribution in [1.82, 2.24) is 24.8 Å². The fraction of sp³-hybridized carbons (Fsp3) is 0.308. The highest BCUT2D eigenvalue weighted by molar-refractivity contribution is 6.30. The van der Waals surface area contributed by atoms with Gasteiger partial charge in [-0.15, -0.1) is 0 Å². The molecule has 1 aliphatic heterocycles. The molecule has 0 radical (unpaired) electrons. The van der Waals surface area contributed by atoms with Gasteiger partial charge in [-0.2, -0.15) is 0 Å². The Labute approximate surface area is 224 Å². The third-order valence-corrected chi connectivity index (χ3v) is 6.61. The van der Waals surface area contributed by atoms with Crippen LogP contribution in [0.2, 0.25) is 5.02 Å². The predicted molar refractivity (Wildman–Crippen MR) is 141 cm³/mol. The average Bonchev–Trinajstić information content (AvgIpc) is 3.49. The number of carbonyl (C=O) groups excluding carboxylic acids is 1. The van der Waals surface area contributed by atoms with Crippen LogP contribution in [0.5, 0.6) is 0 Å². The molecule has 0 saturated carbocycles. The van der Waals surface area contributed by atoms with E-state index in [-0.39, 0.29) is 0 Å². The number of carbonyl (C=O) groups is 1. The van der Waals surface area contributed by atoms with E-state index >= 15 is 0 Å². The zero-order valence-electron chi connectivity index (χ0n) is 20.6. The lowest BCUT2D eigenvalue weighted by atomic mass is 10.1. The number of likely N-dealkylation sites (N-methyl/N-ethyl adjacent to an activating group) is 1. The number of ether oxygens (including phenoxy) is 1. The second kappa shape index (κ2) is 11.4. The Hall–Kier alpha value is -3.61. The minimum atomic E-state index is -1.15. The Bertz CT molecular complexity index is 1400. The zero-order valence-corrected chi connectivity index (χ0v) is 21.4. The van der Waals surface area contributed by atoms with E-state index in [1.165, 1.54) is 19.7 Å². The third-order valence-electron chi connectivity index (χ3n) is 6.37. The van der Waals surface area contributed by atoms with Gasteiger partial charge in [0.25, 0.3) is 5.91 Å². The van der Waals surface area contributed by atoms with E-state index in [1.807, 2.05) is 48.5 Å². The highest BCUT2D eigenvalue weighted by Gasteiger charge is 2.46. The van der Waals surface area contributed by atoms with Crippen molar-refractivity contribution in [2.45, 2.75) is 37.4 Å². The first-order chi connectivity index (χ1) is 18.5. The molecule has 3 heterocycles. The summed E-state index contributed by atoms with van der Waals surface area (Å²) < 4.78 is 7.38. The van der Waals surface area contributed by atoms with Gasteiger partial charge in [0.15, 0.2) is 29.3 Å². The SMILES string of the molecule is CNC(=O)[C@H]1O[C@@H](n2cnc3c(N(Cc4cccc(Cl)c4)OCCc4ccccc4)ncnc32)[C@H](O)[C@@H]1N. The van der Waals surface area contributed by atoms with E-state index in [0.29, 0.717) is 41.6 Å². The predicted octanol–water partition coefficient (Wildman–Crippen LogP) is 1.99. The van der Waals surface area contributed by atoms with Crippen LogP contribution < -0.4 is 16.1 Å². The number of aliphatic hydroxyl groups excluding tert-OH is 1.